The molecule has 6 heteroatoms. The molecule has 1 aliphatic carbocycles. The second kappa shape index (κ2) is 8.81. The summed E-state index contributed by atoms with van der Waals surface area (Å²) in [6.45, 7) is 4.76. The number of carbonyl (C=O) groups is 1. The predicted octanol–water partition coefficient (Wildman–Crippen LogP) is 6.67. The lowest BCUT2D eigenvalue weighted by atomic mass is 9.82. The number of hydrogen-bond donors (Lipinski definition) is 1. The van der Waals surface area contributed by atoms with Crippen molar-refractivity contribution in [2.75, 3.05) is 6.61 Å². The molecular weight excluding hydrogens is 423 g/mol. The van der Waals surface area contributed by atoms with E-state index in [0.717, 1.165) is 58.3 Å². The number of alkyl halides is 1. The Morgan fingerprint density at radius 2 is 1.97 bits per heavy atom. The molecule has 1 aliphatic heterocycles. The van der Waals surface area contributed by atoms with E-state index in [0.29, 0.717) is 17.9 Å². The number of rotatable bonds is 4. The molecule has 168 valence electrons. The monoisotopic (exact) mass is 452 g/mol. The Morgan fingerprint density at radius 3 is 2.78 bits per heavy atom. The smallest absolute Gasteiger partial charge is 0.262 e. The van der Waals surface area contributed by atoms with E-state index in [1.165, 1.54) is 11.3 Å². The topological polar surface area (TPSA) is 51.2 Å². The van der Waals surface area contributed by atoms with Gasteiger partial charge in [-0.2, -0.15) is 0 Å². The molecule has 0 spiro atoms. The molecule has 1 fully saturated rings. The lowest BCUT2D eigenvalue weighted by molar-refractivity contribution is 0.0928. The summed E-state index contributed by atoms with van der Waals surface area (Å²) in [5.74, 6) is 0.789. The number of pyridine rings is 1. The third-order valence-corrected chi connectivity index (χ3v) is 8.01. The number of ether oxygens (including phenoxy) is 1. The van der Waals surface area contributed by atoms with Crippen LogP contribution in [-0.4, -0.2) is 23.7 Å². The number of nitrogens with one attached hydrogen (secondary N) is 1. The summed E-state index contributed by atoms with van der Waals surface area (Å²) >= 11 is 1.48. The molecule has 1 aromatic carbocycles. The van der Waals surface area contributed by atoms with Gasteiger partial charge in [0.2, 0.25) is 0 Å². The van der Waals surface area contributed by atoms with Crippen LogP contribution in [0.1, 0.15) is 90.2 Å². The van der Waals surface area contributed by atoms with Crippen molar-refractivity contribution in [3.63, 3.8) is 0 Å². The molecule has 4 nitrogen and oxygen atoms in total. The first-order valence-corrected chi connectivity index (χ1v) is 12.4. The van der Waals surface area contributed by atoms with Crippen LogP contribution in [0, 0.1) is 0 Å². The van der Waals surface area contributed by atoms with Gasteiger partial charge in [0.05, 0.1) is 27.7 Å². The fraction of sp³-hybridized carbons (Fsp3) is 0.462. The van der Waals surface area contributed by atoms with E-state index in [1.54, 1.807) is 6.20 Å². The average molecular weight is 453 g/mol. The maximum Gasteiger partial charge on any atom is 0.262 e. The number of halogens is 1. The van der Waals surface area contributed by atoms with Gasteiger partial charge in [0.1, 0.15) is 11.9 Å². The standard InChI is InChI=1S/C26H29FN2O2S/c1-15(2)22-23-24(17(11-13-28-23)16-7-3-5-9-19(16)27)32-25(22)26(30)29-20-12-14-31-21-10-6-4-8-18(20)21/h4,6,8,10-11,13,15-16,19-20H,3,5,7,9,12,14H2,1-2H3,(H,29,30)/t16?,19?,20-/m0/s1. The number of para-hydroxylation sites is 1. The van der Waals surface area contributed by atoms with Gasteiger partial charge in [-0.1, -0.05) is 44.9 Å². The largest absolute Gasteiger partial charge is 0.493 e. The maximum atomic E-state index is 14.8. The van der Waals surface area contributed by atoms with Crippen LogP contribution >= 0.6 is 11.3 Å². The van der Waals surface area contributed by atoms with Crippen molar-refractivity contribution in [3.05, 3.63) is 58.1 Å². The Kier molecular flexibility index (Phi) is 5.89. The molecule has 1 saturated carbocycles. The van der Waals surface area contributed by atoms with Gasteiger partial charge in [-0.05, 0) is 36.5 Å². The van der Waals surface area contributed by atoms with Crippen molar-refractivity contribution in [2.24, 2.45) is 0 Å². The molecule has 0 saturated heterocycles. The van der Waals surface area contributed by atoms with Gasteiger partial charge < -0.3 is 10.1 Å². The highest BCUT2D eigenvalue weighted by atomic mass is 32.1. The van der Waals surface area contributed by atoms with Crippen LogP contribution in [0.15, 0.2) is 36.5 Å². The first kappa shape index (κ1) is 21.4. The molecule has 2 aliphatic rings. The normalized spacial score (nSPS) is 23.1. The van der Waals surface area contributed by atoms with E-state index < -0.39 is 6.17 Å². The molecule has 3 atom stereocenters. The van der Waals surface area contributed by atoms with Crippen LogP contribution in [0.3, 0.4) is 0 Å². The Balaban J connectivity index is 1.53. The number of fused-ring (bicyclic) bond motifs is 2. The maximum absolute atomic E-state index is 14.8. The number of amides is 1. The summed E-state index contributed by atoms with van der Waals surface area (Å²) in [4.78, 5) is 18.9. The summed E-state index contributed by atoms with van der Waals surface area (Å²) < 4.78 is 21.6. The van der Waals surface area contributed by atoms with Crippen molar-refractivity contribution in [1.82, 2.24) is 10.3 Å². The summed E-state index contributed by atoms with van der Waals surface area (Å²) in [7, 11) is 0. The summed E-state index contributed by atoms with van der Waals surface area (Å²) in [5, 5.41) is 3.25. The van der Waals surface area contributed by atoms with Crippen molar-refractivity contribution in [3.8, 4) is 5.75 Å². The zero-order valence-corrected chi connectivity index (χ0v) is 19.4. The number of hydrogen-bond acceptors (Lipinski definition) is 4. The molecule has 1 amide bonds. The molecule has 0 radical (unpaired) electrons. The highest BCUT2D eigenvalue weighted by molar-refractivity contribution is 7.21. The summed E-state index contributed by atoms with van der Waals surface area (Å²) in [6, 6.07) is 9.75. The minimum atomic E-state index is -0.824. The van der Waals surface area contributed by atoms with E-state index in [9.17, 15) is 9.18 Å². The Hall–Kier alpha value is -2.47. The van der Waals surface area contributed by atoms with Gasteiger partial charge in [0, 0.05) is 29.7 Å². The number of benzene rings is 1. The highest BCUT2D eigenvalue weighted by Gasteiger charge is 2.31. The third kappa shape index (κ3) is 3.79. The number of aromatic nitrogens is 1. The minimum absolute atomic E-state index is 0.0789. The zero-order valence-electron chi connectivity index (χ0n) is 18.6. The van der Waals surface area contributed by atoms with Gasteiger partial charge >= 0.3 is 0 Å². The van der Waals surface area contributed by atoms with E-state index in [4.69, 9.17) is 4.74 Å². The Bertz CT molecular complexity index is 1140. The Labute approximate surface area is 192 Å². The van der Waals surface area contributed by atoms with Crippen molar-refractivity contribution in [1.29, 1.82) is 0 Å². The van der Waals surface area contributed by atoms with E-state index >= 15 is 0 Å². The van der Waals surface area contributed by atoms with Crippen molar-refractivity contribution >= 4 is 27.5 Å². The molecule has 3 aromatic rings. The summed E-state index contributed by atoms with van der Waals surface area (Å²) in [6.07, 6.45) is 5.17. The molecular formula is C26H29FN2O2S. The zero-order chi connectivity index (χ0) is 22.2. The lowest BCUT2D eigenvalue weighted by Crippen LogP contribution is -2.32. The quantitative estimate of drug-likeness (QED) is 0.481. The molecule has 2 unspecified atom stereocenters. The minimum Gasteiger partial charge on any atom is -0.493 e. The predicted molar refractivity (Wildman–Crippen MR) is 127 cm³/mol. The van der Waals surface area contributed by atoms with Gasteiger partial charge in [-0.3, -0.25) is 9.78 Å². The molecule has 32 heavy (non-hydrogen) atoms. The summed E-state index contributed by atoms with van der Waals surface area (Å²) in [5.41, 5.74) is 3.86. The lowest BCUT2D eigenvalue weighted by Gasteiger charge is -2.26. The van der Waals surface area contributed by atoms with E-state index in [2.05, 4.69) is 24.1 Å². The Morgan fingerprint density at radius 1 is 1.16 bits per heavy atom. The van der Waals surface area contributed by atoms with Crippen LogP contribution in [0.2, 0.25) is 0 Å². The second-order valence-corrected chi connectivity index (χ2v) is 10.2. The molecule has 3 heterocycles. The van der Waals surface area contributed by atoms with Gasteiger partial charge in [-0.15, -0.1) is 11.3 Å². The first-order chi connectivity index (χ1) is 15.5. The molecule has 2 aromatic heterocycles. The van der Waals surface area contributed by atoms with Crippen LogP contribution in [0.25, 0.3) is 10.2 Å². The van der Waals surface area contributed by atoms with Gasteiger partial charge in [0.15, 0.2) is 0 Å². The fourth-order valence-corrected chi connectivity index (χ4v) is 6.57. The number of nitrogens with zero attached hydrogens (tertiary/aromatic N) is 1. The first-order valence-electron chi connectivity index (χ1n) is 11.6. The van der Waals surface area contributed by atoms with Crippen LogP contribution in [0.5, 0.6) is 5.75 Å². The van der Waals surface area contributed by atoms with Gasteiger partial charge in [-0.25, -0.2) is 4.39 Å². The molecule has 1 N–H and O–H groups in total. The van der Waals surface area contributed by atoms with Gasteiger partial charge in [0.25, 0.3) is 5.91 Å². The fourth-order valence-electron chi connectivity index (χ4n) is 5.17. The highest BCUT2D eigenvalue weighted by Crippen LogP contribution is 2.43. The van der Waals surface area contributed by atoms with Crippen molar-refractivity contribution < 1.29 is 13.9 Å². The molecule has 5 rings (SSSR count). The van der Waals surface area contributed by atoms with Crippen LogP contribution in [-0.2, 0) is 0 Å². The van der Waals surface area contributed by atoms with Crippen LogP contribution < -0.4 is 10.1 Å². The second-order valence-electron chi connectivity index (χ2n) is 9.19. The number of thiophene rings is 1. The van der Waals surface area contributed by atoms with E-state index in [-0.39, 0.29) is 23.8 Å². The average Bonchev–Trinajstić information content (AvgIpc) is 3.20. The van der Waals surface area contributed by atoms with Crippen LogP contribution in [0.4, 0.5) is 4.39 Å². The SMILES string of the molecule is CC(C)c1c(C(=O)N[C@H]2CCOc3ccccc32)sc2c(C3CCCCC3F)ccnc12. The number of carbonyl (C=O) groups excluding carboxylic acids is 1. The third-order valence-electron chi connectivity index (χ3n) is 6.77. The molecule has 0 bridgehead atoms. The van der Waals surface area contributed by atoms with Crippen molar-refractivity contribution in [2.45, 2.75) is 70.0 Å². The van der Waals surface area contributed by atoms with E-state index in [1.807, 2.05) is 30.3 Å².